The van der Waals surface area contributed by atoms with Gasteiger partial charge in [-0.3, -0.25) is 0 Å². The van der Waals surface area contributed by atoms with Gasteiger partial charge in [-0.15, -0.1) is 0 Å². The molecule has 5 heteroatoms. The third kappa shape index (κ3) is 24.3. The molecule has 0 spiro atoms. The molecule has 0 aliphatic rings. The molecule has 5 nitrogen and oxygen atoms in total. The van der Waals surface area contributed by atoms with E-state index < -0.39 is 0 Å². The summed E-state index contributed by atoms with van der Waals surface area (Å²) in [5.74, 6) is 0. The SMILES string of the molecule is CCCCCCCCCCCCCCNCC(C)NCC(C)NCC(C)NCC(C)N. The van der Waals surface area contributed by atoms with Crippen molar-refractivity contribution < 1.29 is 0 Å². The lowest BCUT2D eigenvalue weighted by Gasteiger charge is -2.22. The Morgan fingerprint density at radius 1 is 0.516 bits per heavy atom. The average molecular weight is 442 g/mol. The summed E-state index contributed by atoms with van der Waals surface area (Å²) in [6.45, 7) is 16.1. The van der Waals surface area contributed by atoms with Gasteiger partial charge in [-0.05, 0) is 40.7 Å². The van der Waals surface area contributed by atoms with Gasteiger partial charge in [-0.25, -0.2) is 0 Å². The van der Waals surface area contributed by atoms with Crippen molar-refractivity contribution in [2.45, 2.75) is 136 Å². The van der Waals surface area contributed by atoms with Gasteiger partial charge in [-0.2, -0.15) is 0 Å². The molecule has 0 saturated carbocycles. The van der Waals surface area contributed by atoms with Gasteiger partial charge in [-0.1, -0.05) is 77.6 Å². The summed E-state index contributed by atoms with van der Waals surface area (Å²) in [6, 6.07) is 1.64. The van der Waals surface area contributed by atoms with Crippen molar-refractivity contribution in [3.63, 3.8) is 0 Å². The van der Waals surface area contributed by atoms with E-state index in [-0.39, 0.29) is 6.04 Å². The number of rotatable bonds is 24. The molecular weight excluding hydrogens is 382 g/mol. The number of hydrogen-bond acceptors (Lipinski definition) is 5. The number of hydrogen-bond donors (Lipinski definition) is 5. The van der Waals surface area contributed by atoms with Crippen LogP contribution >= 0.6 is 0 Å². The Morgan fingerprint density at radius 3 is 1.35 bits per heavy atom. The Hall–Kier alpha value is -0.200. The van der Waals surface area contributed by atoms with Crippen LogP contribution < -0.4 is 27.0 Å². The van der Waals surface area contributed by atoms with Gasteiger partial charge in [0.2, 0.25) is 0 Å². The van der Waals surface area contributed by atoms with Crippen molar-refractivity contribution in [3.05, 3.63) is 0 Å². The van der Waals surface area contributed by atoms with E-state index in [2.05, 4.69) is 49.0 Å². The molecule has 0 aromatic carbocycles. The highest BCUT2D eigenvalue weighted by Gasteiger charge is 2.07. The Balaban J connectivity index is 3.36. The first-order valence-electron chi connectivity index (χ1n) is 13.6. The lowest BCUT2D eigenvalue weighted by Crippen LogP contribution is -2.47. The van der Waals surface area contributed by atoms with Crippen LogP contribution in [0.1, 0.15) is 112 Å². The van der Waals surface area contributed by atoms with Crippen LogP contribution in [0, 0.1) is 0 Å². The van der Waals surface area contributed by atoms with E-state index in [1.807, 2.05) is 6.92 Å². The summed E-state index contributed by atoms with van der Waals surface area (Å²) in [5.41, 5.74) is 5.79. The van der Waals surface area contributed by atoms with E-state index in [1.54, 1.807) is 0 Å². The van der Waals surface area contributed by atoms with Crippen LogP contribution in [-0.4, -0.2) is 56.9 Å². The minimum Gasteiger partial charge on any atom is -0.327 e. The summed E-state index contributed by atoms with van der Waals surface area (Å²) < 4.78 is 0. The molecule has 0 fully saturated rings. The van der Waals surface area contributed by atoms with Crippen LogP contribution in [0.4, 0.5) is 0 Å². The fraction of sp³-hybridized carbons (Fsp3) is 1.00. The summed E-state index contributed by atoms with van der Waals surface area (Å²) in [4.78, 5) is 0. The van der Waals surface area contributed by atoms with Crippen LogP contribution in [0.3, 0.4) is 0 Å². The first-order valence-corrected chi connectivity index (χ1v) is 13.6. The average Bonchev–Trinajstić information content (AvgIpc) is 2.75. The summed E-state index contributed by atoms with van der Waals surface area (Å²) >= 11 is 0. The topological polar surface area (TPSA) is 74.1 Å². The lowest BCUT2D eigenvalue weighted by atomic mass is 10.1. The molecule has 0 bridgehead atoms. The van der Waals surface area contributed by atoms with E-state index in [0.29, 0.717) is 18.1 Å². The molecule has 6 N–H and O–H groups in total. The fourth-order valence-electron chi connectivity index (χ4n) is 3.77. The summed E-state index contributed by atoms with van der Waals surface area (Å²) in [7, 11) is 0. The Labute approximate surface area is 195 Å². The van der Waals surface area contributed by atoms with E-state index in [1.165, 1.54) is 77.0 Å². The lowest BCUT2D eigenvalue weighted by molar-refractivity contribution is 0.414. The smallest absolute Gasteiger partial charge is 0.0164 e. The molecule has 4 unspecified atom stereocenters. The van der Waals surface area contributed by atoms with E-state index in [9.17, 15) is 0 Å². The minimum absolute atomic E-state index is 0.213. The second kappa shape index (κ2) is 23.0. The number of unbranched alkanes of at least 4 members (excludes halogenated alkanes) is 11. The van der Waals surface area contributed by atoms with E-state index >= 15 is 0 Å². The molecule has 0 rings (SSSR count). The minimum atomic E-state index is 0.213. The predicted molar refractivity (Wildman–Crippen MR) is 140 cm³/mol. The van der Waals surface area contributed by atoms with Gasteiger partial charge < -0.3 is 27.0 Å². The van der Waals surface area contributed by atoms with Crippen molar-refractivity contribution in [1.82, 2.24) is 21.3 Å². The van der Waals surface area contributed by atoms with Gasteiger partial charge >= 0.3 is 0 Å². The number of nitrogens with two attached hydrogens (primary N) is 1. The molecule has 4 atom stereocenters. The molecule has 0 aliphatic heterocycles. The molecule has 0 aliphatic carbocycles. The molecule has 188 valence electrons. The molecule has 0 aromatic heterocycles. The highest BCUT2D eigenvalue weighted by Crippen LogP contribution is 2.11. The molecule has 0 amide bonds. The number of nitrogens with one attached hydrogen (secondary N) is 4. The van der Waals surface area contributed by atoms with Gasteiger partial charge in [0.05, 0.1) is 0 Å². The molecular formula is C26H59N5. The Morgan fingerprint density at radius 2 is 0.903 bits per heavy atom. The highest BCUT2D eigenvalue weighted by atomic mass is 15.0. The largest absolute Gasteiger partial charge is 0.327 e. The molecule has 0 heterocycles. The summed E-state index contributed by atoms with van der Waals surface area (Å²) in [6.07, 6.45) is 17.0. The molecule has 31 heavy (non-hydrogen) atoms. The van der Waals surface area contributed by atoms with Gasteiger partial charge in [0.25, 0.3) is 0 Å². The van der Waals surface area contributed by atoms with Crippen molar-refractivity contribution in [2.24, 2.45) is 5.73 Å². The Kier molecular flexibility index (Phi) is 22.8. The third-order valence-corrected chi connectivity index (χ3v) is 5.99. The van der Waals surface area contributed by atoms with E-state index in [4.69, 9.17) is 5.73 Å². The van der Waals surface area contributed by atoms with Gasteiger partial charge in [0, 0.05) is 50.3 Å². The quantitative estimate of drug-likeness (QED) is 0.142. The zero-order chi connectivity index (χ0) is 23.2. The van der Waals surface area contributed by atoms with Gasteiger partial charge in [0.15, 0.2) is 0 Å². The van der Waals surface area contributed by atoms with Gasteiger partial charge in [0.1, 0.15) is 0 Å². The normalized spacial score (nSPS) is 15.7. The monoisotopic (exact) mass is 441 g/mol. The van der Waals surface area contributed by atoms with E-state index in [0.717, 1.165) is 32.7 Å². The zero-order valence-corrected chi connectivity index (χ0v) is 21.9. The maximum absolute atomic E-state index is 5.79. The van der Waals surface area contributed by atoms with Crippen LogP contribution in [0.5, 0.6) is 0 Å². The first kappa shape index (κ1) is 30.8. The second-order valence-corrected chi connectivity index (χ2v) is 10.00. The second-order valence-electron chi connectivity index (χ2n) is 10.00. The van der Waals surface area contributed by atoms with Crippen LogP contribution in [0.25, 0.3) is 0 Å². The van der Waals surface area contributed by atoms with Crippen molar-refractivity contribution in [3.8, 4) is 0 Å². The van der Waals surface area contributed by atoms with Crippen LogP contribution in [0.15, 0.2) is 0 Å². The van der Waals surface area contributed by atoms with Crippen molar-refractivity contribution >= 4 is 0 Å². The predicted octanol–water partition coefficient (Wildman–Crippen LogP) is 4.56. The van der Waals surface area contributed by atoms with Crippen molar-refractivity contribution in [1.29, 1.82) is 0 Å². The standard InChI is InChI=1S/C26H59N5/c1-6-7-8-9-10-11-12-13-14-15-16-17-18-28-20-24(3)30-22-26(5)31-21-25(4)29-19-23(2)27/h23-26,28-31H,6-22,27H2,1-5H3. The fourth-order valence-corrected chi connectivity index (χ4v) is 3.77. The maximum Gasteiger partial charge on any atom is 0.0164 e. The summed E-state index contributed by atoms with van der Waals surface area (Å²) in [5, 5.41) is 14.3. The zero-order valence-electron chi connectivity index (χ0n) is 21.9. The van der Waals surface area contributed by atoms with Crippen LogP contribution in [0.2, 0.25) is 0 Å². The maximum atomic E-state index is 5.79. The molecule has 0 radical (unpaired) electrons. The molecule has 0 saturated heterocycles. The van der Waals surface area contributed by atoms with Crippen LogP contribution in [-0.2, 0) is 0 Å². The first-order chi connectivity index (χ1) is 15.0. The third-order valence-electron chi connectivity index (χ3n) is 5.99. The molecule has 0 aromatic rings. The van der Waals surface area contributed by atoms with Crippen molar-refractivity contribution in [2.75, 3.05) is 32.7 Å². The Bertz CT molecular complexity index is 351. The highest BCUT2D eigenvalue weighted by molar-refractivity contribution is 4.73.